The number of rotatable bonds is 3. The van der Waals surface area contributed by atoms with Crippen LogP contribution in [0, 0.1) is 0 Å². The summed E-state index contributed by atoms with van der Waals surface area (Å²) in [6, 6.07) is 2.91. The summed E-state index contributed by atoms with van der Waals surface area (Å²) in [6.07, 6.45) is 5.00. The lowest BCUT2D eigenvalue weighted by molar-refractivity contribution is 0.521. The molecule has 1 saturated carbocycles. The van der Waals surface area contributed by atoms with Crippen LogP contribution in [-0.2, 0) is 10.0 Å². The van der Waals surface area contributed by atoms with Crippen LogP contribution in [0.15, 0.2) is 21.5 Å². The van der Waals surface area contributed by atoms with E-state index in [2.05, 4.69) is 36.6 Å². The third-order valence-corrected chi connectivity index (χ3v) is 7.43. The van der Waals surface area contributed by atoms with Gasteiger partial charge in [0.25, 0.3) is 0 Å². The molecule has 1 fully saturated rings. The van der Waals surface area contributed by atoms with Gasteiger partial charge in [-0.25, -0.2) is 13.1 Å². The van der Waals surface area contributed by atoms with Crippen LogP contribution in [0.25, 0.3) is 0 Å². The average molecular weight is 480 g/mol. The standard InChI is InChI=1S/C13H15Br2Cl2NO2S/c14-8-6-10(16)13(11(17)7-8)21(19,20)18-12-5-3-1-2-4-9(12)15/h6-7,9,12,18H,1-5H2. The summed E-state index contributed by atoms with van der Waals surface area (Å²) in [7, 11) is -3.75. The lowest BCUT2D eigenvalue weighted by atomic mass is 10.1. The molecule has 3 nitrogen and oxygen atoms in total. The van der Waals surface area contributed by atoms with Crippen LogP contribution < -0.4 is 4.72 Å². The van der Waals surface area contributed by atoms with Crippen LogP contribution in [0.2, 0.25) is 10.0 Å². The Hall–Kier alpha value is 0.670. The Morgan fingerprint density at radius 3 is 2.29 bits per heavy atom. The van der Waals surface area contributed by atoms with Crippen molar-refractivity contribution in [2.75, 3.05) is 0 Å². The Morgan fingerprint density at radius 2 is 1.67 bits per heavy atom. The van der Waals surface area contributed by atoms with E-state index < -0.39 is 10.0 Å². The fourth-order valence-electron chi connectivity index (χ4n) is 2.44. The molecule has 1 aromatic rings. The summed E-state index contributed by atoms with van der Waals surface area (Å²) in [5.74, 6) is 0. The number of alkyl halides is 1. The molecule has 21 heavy (non-hydrogen) atoms. The summed E-state index contributed by atoms with van der Waals surface area (Å²) in [5.41, 5.74) is 0. The van der Waals surface area contributed by atoms with Crippen molar-refractivity contribution in [1.29, 1.82) is 0 Å². The van der Waals surface area contributed by atoms with Crippen LogP contribution in [-0.4, -0.2) is 19.3 Å². The average Bonchev–Trinajstić information content (AvgIpc) is 2.52. The van der Waals surface area contributed by atoms with Crippen molar-refractivity contribution < 1.29 is 8.42 Å². The Bertz CT molecular complexity index is 602. The first-order valence-electron chi connectivity index (χ1n) is 6.62. The molecule has 0 heterocycles. The first-order chi connectivity index (χ1) is 9.81. The molecule has 8 heteroatoms. The highest BCUT2D eigenvalue weighted by Gasteiger charge is 2.29. The van der Waals surface area contributed by atoms with E-state index in [-0.39, 0.29) is 25.8 Å². The molecule has 0 aromatic heterocycles. The number of sulfonamides is 1. The normalized spacial score (nSPS) is 23.8. The maximum Gasteiger partial charge on any atom is 0.243 e. The molecule has 0 spiro atoms. The fourth-order valence-corrected chi connectivity index (χ4v) is 6.58. The van der Waals surface area contributed by atoms with Gasteiger partial charge < -0.3 is 0 Å². The summed E-state index contributed by atoms with van der Waals surface area (Å²) >= 11 is 18.9. The minimum Gasteiger partial charge on any atom is -0.207 e. The summed E-state index contributed by atoms with van der Waals surface area (Å²) in [5, 5.41) is 0.225. The van der Waals surface area contributed by atoms with Crippen molar-refractivity contribution in [3.63, 3.8) is 0 Å². The topological polar surface area (TPSA) is 46.2 Å². The van der Waals surface area contributed by atoms with E-state index in [1.165, 1.54) is 12.1 Å². The molecule has 1 aliphatic rings. The maximum atomic E-state index is 12.6. The molecule has 118 valence electrons. The van der Waals surface area contributed by atoms with E-state index in [4.69, 9.17) is 23.2 Å². The van der Waals surface area contributed by atoms with Crippen molar-refractivity contribution in [2.24, 2.45) is 0 Å². The van der Waals surface area contributed by atoms with E-state index in [1.54, 1.807) is 0 Å². The second kappa shape index (κ2) is 7.49. The largest absolute Gasteiger partial charge is 0.243 e. The molecule has 2 rings (SSSR count). The van der Waals surface area contributed by atoms with Crippen molar-refractivity contribution in [3.05, 3.63) is 26.7 Å². The van der Waals surface area contributed by atoms with E-state index in [0.29, 0.717) is 4.47 Å². The van der Waals surface area contributed by atoms with Gasteiger partial charge in [-0.3, -0.25) is 0 Å². The van der Waals surface area contributed by atoms with Gasteiger partial charge in [0.15, 0.2) is 0 Å². The monoisotopic (exact) mass is 477 g/mol. The first-order valence-corrected chi connectivity index (χ1v) is 10.6. The van der Waals surface area contributed by atoms with Crippen molar-refractivity contribution in [3.8, 4) is 0 Å². The van der Waals surface area contributed by atoms with Gasteiger partial charge in [0.05, 0.1) is 10.0 Å². The number of benzene rings is 1. The molecule has 1 aromatic carbocycles. The summed E-state index contributed by atoms with van der Waals surface area (Å²) in [4.78, 5) is 0.0701. The second-order valence-electron chi connectivity index (χ2n) is 5.08. The van der Waals surface area contributed by atoms with Crippen LogP contribution in [0.5, 0.6) is 0 Å². The minimum atomic E-state index is -3.75. The van der Waals surface area contributed by atoms with Crippen molar-refractivity contribution in [1.82, 2.24) is 4.72 Å². The van der Waals surface area contributed by atoms with Gasteiger partial charge in [0, 0.05) is 15.3 Å². The summed E-state index contributed by atoms with van der Waals surface area (Å²) < 4.78 is 28.6. The zero-order chi connectivity index (χ0) is 15.6. The lowest BCUT2D eigenvalue weighted by Crippen LogP contribution is -2.40. The van der Waals surface area contributed by atoms with E-state index in [9.17, 15) is 8.42 Å². The predicted octanol–water partition coefficient (Wildman–Crippen LogP) is 5.13. The quantitative estimate of drug-likeness (QED) is 0.482. The van der Waals surface area contributed by atoms with Gasteiger partial charge >= 0.3 is 0 Å². The number of nitrogens with one attached hydrogen (secondary N) is 1. The second-order valence-corrected chi connectivity index (χ2v) is 9.64. The zero-order valence-corrected chi connectivity index (χ0v) is 16.6. The van der Waals surface area contributed by atoms with Crippen LogP contribution >= 0.6 is 55.1 Å². The molecule has 1 aliphatic carbocycles. The molecule has 0 radical (unpaired) electrons. The first kappa shape index (κ1) is 18.0. The molecular weight excluding hydrogens is 465 g/mol. The smallest absolute Gasteiger partial charge is 0.207 e. The SMILES string of the molecule is O=S(=O)(NC1CCCCCC1Br)c1c(Cl)cc(Br)cc1Cl. The Labute approximate surface area is 152 Å². The minimum absolute atomic E-state index is 0.0574. The number of hydrogen-bond acceptors (Lipinski definition) is 2. The van der Waals surface area contributed by atoms with Gasteiger partial charge in [0.2, 0.25) is 10.0 Å². The third-order valence-electron chi connectivity index (χ3n) is 3.47. The Morgan fingerprint density at radius 1 is 1.10 bits per heavy atom. The maximum absolute atomic E-state index is 12.6. The number of halogens is 4. The van der Waals surface area contributed by atoms with E-state index >= 15 is 0 Å². The zero-order valence-electron chi connectivity index (χ0n) is 11.1. The Balaban J connectivity index is 2.30. The third kappa shape index (κ3) is 4.58. The molecule has 0 aliphatic heterocycles. The highest BCUT2D eigenvalue weighted by atomic mass is 79.9. The molecule has 0 bridgehead atoms. The lowest BCUT2D eigenvalue weighted by Gasteiger charge is -2.22. The fraction of sp³-hybridized carbons (Fsp3) is 0.538. The van der Waals surface area contributed by atoms with Crippen molar-refractivity contribution in [2.45, 2.75) is 47.9 Å². The van der Waals surface area contributed by atoms with Crippen LogP contribution in [0.4, 0.5) is 0 Å². The molecule has 1 N–H and O–H groups in total. The number of hydrogen-bond donors (Lipinski definition) is 1. The predicted molar refractivity (Wildman–Crippen MR) is 94.1 cm³/mol. The highest BCUT2D eigenvalue weighted by molar-refractivity contribution is 9.10. The van der Waals surface area contributed by atoms with Crippen LogP contribution in [0.3, 0.4) is 0 Å². The molecular formula is C13H15Br2Cl2NO2S. The summed E-state index contributed by atoms with van der Waals surface area (Å²) in [6.45, 7) is 0. The van der Waals surface area contributed by atoms with Gasteiger partial charge in [-0.1, -0.05) is 74.3 Å². The van der Waals surface area contributed by atoms with E-state index in [1.807, 2.05) is 0 Å². The molecule has 2 atom stereocenters. The Kier molecular flexibility index (Phi) is 6.43. The highest BCUT2D eigenvalue weighted by Crippen LogP contribution is 2.34. The van der Waals surface area contributed by atoms with Gasteiger partial charge in [-0.15, -0.1) is 0 Å². The van der Waals surface area contributed by atoms with Gasteiger partial charge in [0.1, 0.15) is 4.90 Å². The van der Waals surface area contributed by atoms with E-state index in [0.717, 1.165) is 32.1 Å². The van der Waals surface area contributed by atoms with Gasteiger partial charge in [-0.05, 0) is 25.0 Å². The molecule has 0 amide bonds. The van der Waals surface area contributed by atoms with Crippen LogP contribution in [0.1, 0.15) is 32.1 Å². The van der Waals surface area contributed by atoms with Gasteiger partial charge in [-0.2, -0.15) is 0 Å². The molecule has 2 unspecified atom stereocenters. The van der Waals surface area contributed by atoms with Crippen molar-refractivity contribution >= 4 is 65.1 Å². The molecule has 0 saturated heterocycles.